The number of halogens is 3. The predicted molar refractivity (Wildman–Crippen MR) is 83.7 cm³/mol. The van der Waals surface area contributed by atoms with Crippen LogP contribution in [0.1, 0.15) is 36.8 Å². The lowest BCUT2D eigenvalue weighted by Crippen LogP contribution is -2.15. The standard InChI is InChI=1S/C17H18F3N3O/c18-17(19,20)14-8-4-9-21-15(14)23-11-12-5-3-10-22-16(12)24-13-6-1-2-7-13/h3-5,8-10,13H,1-2,6-7,11H2,(H,21,23). The van der Waals surface area contributed by atoms with Crippen molar-refractivity contribution in [3.05, 3.63) is 47.8 Å². The number of hydrogen-bond donors (Lipinski definition) is 1. The second-order valence-corrected chi connectivity index (χ2v) is 5.74. The summed E-state index contributed by atoms with van der Waals surface area (Å²) in [6, 6.07) is 5.81. The zero-order chi connectivity index (χ0) is 17.0. The first kappa shape index (κ1) is 16.5. The number of aromatic nitrogens is 2. The molecule has 0 saturated heterocycles. The summed E-state index contributed by atoms with van der Waals surface area (Å²) in [5, 5.41) is 2.75. The van der Waals surface area contributed by atoms with Crippen LogP contribution in [0.5, 0.6) is 5.88 Å². The Morgan fingerprint density at radius 2 is 1.79 bits per heavy atom. The molecule has 1 N–H and O–H groups in total. The van der Waals surface area contributed by atoms with Crippen LogP contribution in [0.15, 0.2) is 36.7 Å². The average molecular weight is 337 g/mol. The maximum atomic E-state index is 13.0. The Bertz CT molecular complexity index is 685. The van der Waals surface area contributed by atoms with Crippen molar-refractivity contribution in [3.8, 4) is 5.88 Å². The molecular formula is C17H18F3N3O. The first-order chi connectivity index (χ1) is 11.5. The van der Waals surface area contributed by atoms with Gasteiger partial charge in [0.1, 0.15) is 11.9 Å². The zero-order valence-corrected chi connectivity index (χ0v) is 13.0. The van der Waals surface area contributed by atoms with Crippen molar-refractivity contribution in [2.45, 2.75) is 44.5 Å². The second-order valence-electron chi connectivity index (χ2n) is 5.74. The second kappa shape index (κ2) is 7.07. The van der Waals surface area contributed by atoms with Crippen molar-refractivity contribution in [3.63, 3.8) is 0 Å². The first-order valence-electron chi connectivity index (χ1n) is 7.90. The summed E-state index contributed by atoms with van der Waals surface area (Å²) in [6.45, 7) is 0.163. The minimum absolute atomic E-state index is 0.138. The monoisotopic (exact) mass is 337 g/mol. The maximum absolute atomic E-state index is 13.0. The van der Waals surface area contributed by atoms with Gasteiger partial charge in [0.05, 0.1) is 5.56 Å². The summed E-state index contributed by atoms with van der Waals surface area (Å²) < 4.78 is 44.9. The number of rotatable bonds is 5. The molecule has 2 aromatic heterocycles. The molecule has 0 spiro atoms. The third kappa shape index (κ3) is 3.96. The molecular weight excluding hydrogens is 319 g/mol. The van der Waals surface area contributed by atoms with E-state index in [-0.39, 0.29) is 18.5 Å². The molecule has 3 rings (SSSR count). The highest BCUT2D eigenvalue weighted by molar-refractivity contribution is 5.46. The van der Waals surface area contributed by atoms with Gasteiger partial charge in [-0.05, 0) is 43.9 Å². The largest absolute Gasteiger partial charge is 0.474 e. The van der Waals surface area contributed by atoms with Crippen molar-refractivity contribution in [1.82, 2.24) is 9.97 Å². The Morgan fingerprint density at radius 1 is 1.08 bits per heavy atom. The Morgan fingerprint density at radius 3 is 2.54 bits per heavy atom. The zero-order valence-electron chi connectivity index (χ0n) is 13.0. The molecule has 0 aliphatic heterocycles. The first-order valence-corrected chi connectivity index (χ1v) is 7.90. The molecule has 1 saturated carbocycles. The van der Waals surface area contributed by atoms with Gasteiger partial charge in [0.2, 0.25) is 5.88 Å². The number of hydrogen-bond acceptors (Lipinski definition) is 4. The van der Waals surface area contributed by atoms with Gasteiger partial charge in [-0.1, -0.05) is 6.07 Å². The Kier molecular flexibility index (Phi) is 4.87. The van der Waals surface area contributed by atoms with Gasteiger partial charge in [-0.25, -0.2) is 9.97 Å². The van der Waals surface area contributed by atoms with E-state index in [0.717, 1.165) is 31.7 Å². The van der Waals surface area contributed by atoms with Crippen LogP contribution >= 0.6 is 0 Å². The molecule has 0 aromatic carbocycles. The highest BCUT2D eigenvalue weighted by Crippen LogP contribution is 2.34. The van der Waals surface area contributed by atoms with Crippen LogP contribution in [0.2, 0.25) is 0 Å². The molecule has 0 unspecified atom stereocenters. The van der Waals surface area contributed by atoms with Gasteiger partial charge in [0.25, 0.3) is 0 Å². The molecule has 1 aliphatic carbocycles. The lowest BCUT2D eigenvalue weighted by atomic mass is 10.2. The smallest absolute Gasteiger partial charge is 0.419 e. The quantitative estimate of drug-likeness (QED) is 0.877. The molecule has 0 radical (unpaired) electrons. The van der Waals surface area contributed by atoms with Gasteiger partial charge < -0.3 is 10.1 Å². The molecule has 1 fully saturated rings. The number of anilines is 1. The maximum Gasteiger partial charge on any atom is 0.419 e. The Hall–Kier alpha value is -2.31. The Labute approximate surface area is 138 Å². The van der Waals surface area contributed by atoms with Crippen LogP contribution in [-0.2, 0) is 12.7 Å². The molecule has 0 atom stereocenters. The van der Waals surface area contributed by atoms with Crippen LogP contribution in [0.4, 0.5) is 19.0 Å². The van der Waals surface area contributed by atoms with Gasteiger partial charge in [-0.15, -0.1) is 0 Å². The van der Waals surface area contributed by atoms with E-state index in [2.05, 4.69) is 15.3 Å². The lowest BCUT2D eigenvalue weighted by molar-refractivity contribution is -0.137. The van der Waals surface area contributed by atoms with Crippen LogP contribution in [-0.4, -0.2) is 16.1 Å². The summed E-state index contributed by atoms with van der Waals surface area (Å²) in [7, 11) is 0. The van der Waals surface area contributed by atoms with Crippen LogP contribution < -0.4 is 10.1 Å². The molecule has 7 heteroatoms. The van der Waals surface area contributed by atoms with Crippen LogP contribution in [0, 0.1) is 0 Å². The number of alkyl halides is 3. The summed E-state index contributed by atoms with van der Waals surface area (Å²) in [4.78, 5) is 8.02. The van der Waals surface area contributed by atoms with Crippen molar-refractivity contribution in [2.75, 3.05) is 5.32 Å². The van der Waals surface area contributed by atoms with Gasteiger partial charge in [-0.2, -0.15) is 13.2 Å². The number of nitrogens with zero attached hydrogens (tertiary/aromatic N) is 2. The van der Waals surface area contributed by atoms with E-state index in [4.69, 9.17) is 4.74 Å². The summed E-state index contributed by atoms with van der Waals surface area (Å²) >= 11 is 0. The third-order valence-corrected chi connectivity index (χ3v) is 3.99. The topological polar surface area (TPSA) is 47.0 Å². The van der Waals surface area contributed by atoms with Crippen molar-refractivity contribution in [1.29, 1.82) is 0 Å². The van der Waals surface area contributed by atoms with E-state index in [0.29, 0.717) is 11.4 Å². The normalized spacial score (nSPS) is 15.5. The molecule has 0 amide bonds. The lowest BCUT2D eigenvalue weighted by Gasteiger charge is -2.17. The average Bonchev–Trinajstić information content (AvgIpc) is 3.06. The molecule has 4 nitrogen and oxygen atoms in total. The van der Waals surface area contributed by atoms with Gasteiger partial charge in [-0.3, -0.25) is 0 Å². The molecule has 128 valence electrons. The number of nitrogens with one attached hydrogen (secondary N) is 1. The van der Waals surface area contributed by atoms with Crippen LogP contribution in [0.25, 0.3) is 0 Å². The van der Waals surface area contributed by atoms with E-state index < -0.39 is 11.7 Å². The number of ether oxygens (including phenoxy) is 1. The molecule has 2 heterocycles. The van der Waals surface area contributed by atoms with E-state index in [9.17, 15) is 13.2 Å². The van der Waals surface area contributed by atoms with Crippen molar-refractivity contribution in [2.24, 2.45) is 0 Å². The highest BCUT2D eigenvalue weighted by Gasteiger charge is 2.34. The van der Waals surface area contributed by atoms with E-state index >= 15 is 0 Å². The predicted octanol–water partition coefficient (Wildman–Crippen LogP) is 4.43. The molecule has 1 aliphatic rings. The highest BCUT2D eigenvalue weighted by atomic mass is 19.4. The number of pyridine rings is 2. The third-order valence-electron chi connectivity index (χ3n) is 3.99. The van der Waals surface area contributed by atoms with E-state index in [1.54, 1.807) is 18.3 Å². The minimum atomic E-state index is -4.45. The fourth-order valence-corrected chi connectivity index (χ4v) is 2.78. The van der Waals surface area contributed by atoms with Crippen molar-refractivity contribution < 1.29 is 17.9 Å². The Balaban J connectivity index is 1.73. The van der Waals surface area contributed by atoms with E-state index in [1.165, 1.54) is 12.3 Å². The van der Waals surface area contributed by atoms with Crippen molar-refractivity contribution >= 4 is 5.82 Å². The fraction of sp³-hybridized carbons (Fsp3) is 0.412. The molecule has 2 aromatic rings. The van der Waals surface area contributed by atoms with Crippen LogP contribution in [0.3, 0.4) is 0 Å². The molecule has 0 bridgehead atoms. The van der Waals surface area contributed by atoms with Gasteiger partial charge in [0, 0.05) is 24.5 Å². The minimum Gasteiger partial charge on any atom is -0.474 e. The van der Waals surface area contributed by atoms with Gasteiger partial charge in [0.15, 0.2) is 0 Å². The van der Waals surface area contributed by atoms with E-state index in [1.807, 2.05) is 0 Å². The molecule has 24 heavy (non-hydrogen) atoms. The summed E-state index contributed by atoms with van der Waals surface area (Å²) in [5.74, 6) is 0.280. The summed E-state index contributed by atoms with van der Waals surface area (Å²) in [5.41, 5.74) is -0.0738. The fourth-order valence-electron chi connectivity index (χ4n) is 2.78. The SMILES string of the molecule is FC(F)(F)c1cccnc1NCc1cccnc1OC1CCCC1. The van der Waals surface area contributed by atoms with Gasteiger partial charge >= 0.3 is 6.18 Å². The summed E-state index contributed by atoms with van der Waals surface area (Å²) in [6.07, 6.45) is 2.88.